The van der Waals surface area contributed by atoms with Crippen molar-refractivity contribution in [3.05, 3.63) is 17.8 Å². The van der Waals surface area contributed by atoms with E-state index in [4.69, 9.17) is 0 Å². The lowest BCUT2D eigenvalue weighted by molar-refractivity contribution is -0.134. The molecular weight excluding hydrogens is 284 g/mol. The fraction of sp³-hybridized carbons (Fsp3) is 0.533. The maximum Gasteiger partial charge on any atom is 0.245 e. The first kappa shape index (κ1) is 14.3. The summed E-state index contributed by atoms with van der Waals surface area (Å²) in [7, 11) is 0. The van der Waals surface area contributed by atoms with Crippen LogP contribution in [-0.2, 0) is 4.79 Å². The molecule has 1 aliphatic heterocycles. The van der Waals surface area contributed by atoms with Gasteiger partial charge in [-0.1, -0.05) is 0 Å². The van der Waals surface area contributed by atoms with E-state index in [1.54, 1.807) is 11.3 Å². The number of anilines is 1. The third-order valence-electron chi connectivity index (χ3n) is 4.05. The number of nitrogens with one attached hydrogen (secondary N) is 1. The quantitative estimate of drug-likeness (QED) is 0.947. The lowest BCUT2D eigenvalue weighted by Crippen LogP contribution is -2.48. The maximum atomic E-state index is 12.6. The van der Waals surface area contributed by atoms with Crippen molar-refractivity contribution in [2.75, 3.05) is 11.9 Å². The minimum atomic E-state index is -0.272. The van der Waals surface area contributed by atoms with E-state index in [1.807, 2.05) is 23.3 Å². The number of hydrogen-bond donors (Lipinski definition) is 1. The molecule has 2 aromatic rings. The number of carbonyl (C=O) groups is 1. The van der Waals surface area contributed by atoms with Gasteiger partial charge in [0.1, 0.15) is 18.2 Å². The Kier molecular flexibility index (Phi) is 4.05. The summed E-state index contributed by atoms with van der Waals surface area (Å²) in [4.78, 5) is 23.1. The van der Waals surface area contributed by atoms with Gasteiger partial charge in [0.25, 0.3) is 0 Å². The van der Waals surface area contributed by atoms with Crippen molar-refractivity contribution in [1.82, 2.24) is 14.9 Å². The maximum absolute atomic E-state index is 12.6. The van der Waals surface area contributed by atoms with Gasteiger partial charge in [-0.2, -0.15) is 0 Å². The van der Waals surface area contributed by atoms with Crippen molar-refractivity contribution < 1.29 is 4.79 Å². The summed E-state index contributed by atoms with van der Waals surface area (Å²) in [5.74, 6) is 0.908. The molecule has 0 radical (unpaired) electrons. The third-order valence-corrected chi connectivity index (χ3v) is 4.96. The highest BCUT2D eigenvalue weighted by atomic mass is 32.1. The normalized spacial score (nSPS) is 20.5. The lowest BCUT2D eigenvalue weighted by Gasteiger charge is -2.35. The van der Waals surface area contributed by atoms with Crippen LogP contribution in [0.3, 0.4) is 0 Å². The second kappa shape index (κ2) is 5.97. The van der Waals surface area contributed by atoms with E-state index >= 15 is 0 Å². The molecule has 5 nitrogen and oxygen atoms in total. The molecule has 2 unspecified atom stereocenters. The van der Waals surface area contributed by atoms with Gasteiger partial charge in [-0.05, 0) is 44.6 Å². The van der Waals surface area contributed by atoms with E-state index in [9.17, 15) is 4.79 Å². The number of thiophene rings is 1. The van der Waals surface area contributed by atoms with Crippen LogP contribution in [0.1, 0.15) is 33.1 Å². The van der Waals surface area contributed by atoms with Crippen LogP contribution in [0, 0.1) is 0 Å². The molecule has 112 valence electrons. The SMILES string of the molecule is CC(Nc1ncnc2ccsc12)C(=O)N1CCCCC1C. The topological polar surface area (TPSA) is 58.1 Å². The second-order valence-electron chi connectivity index (χ2n) is 5.60. The molecule has 1 fully saturated rings. The Morgan fingerprint density at radius 1 is 1.48 bits per heavy atom. The van der Waals surface area contributed by atoms with Crippen LogP contribution in [0.25, 0.3) is 10.2 Å². The molecule has 0 aliphatic carbocycles. The highest BCUT2D eigenvalue weighted by molar-refractivity contribution is 7.17. The van der Waals surface area contributed by atoms with Crippen LogP contribution in [0.2, 0.25) is 0 Å². The predicted octanol–water partition coefficient (Wildman–Crippen LogP) is 2.89. The molecule has 2 aromatic heterocycles. The van der Waals surface area contributed by atoms with Crippen molar-refractivity contribution in [2.45, 2.75) is 45.2 Å². The summed E-state index contributed by atoms with van der Waals surface area (Å²) in [6, 6.07) is 2.03. The average molecular weight is 304 g/mol. The van der Waals surface area contributed by atoms with Gasteiger partial charge in [-0.15, -0.1) is 11.3 Å². The van der Waals surface area contributed by atoms with E-state index in [2.05, 4.69) is 22.2 Å². The van der Waals surface area contributed by atoms with Gasteiger partial charge in [0.15, 0.2) is 0 Å². The molecule has 3 rings (SSSR count). The first-order chi connectivity index (χ1) is 10.2. The van der Waals surface area contributed by atoms with Crippen molar-refractivity contribution in [1.29, 1.82) is 0 Å². The molecule has 3 heterocycles. The molecule has 2 atom stereocenters. The van der Waals surface area contributed by atoms with E-state index in [-0.39, 0.29) is 11.9 Å². The standard InChI is InChI=1S/C15H20N4OS/c1-10-5-3-4-7-19(10)15(20)11(2)18-14-13-12(6-8-21-13)16-9-17-14/h6,8-11H,3-5,7H2,1-2H3,(H,16,17,18). The highest BCUT2D eigenvalue weighted by Crippen LogP contribution is 2.26. The Morgan fingerprint density at radius 2 is 2.33 bits per heavy atom. The van der Waals surface area contributed by atoms with Gasteiger partial charge in [0, 0.05) is 12.6 Å². The first-order valence-corrected chi connectivity index (χ1v) is 8.30. The average Bonchev–Trinajstić information content (AvgIpc) is 2.96. The monoisotopic (exact) mass is 304 g/mol. The summed E-state index contributed by atoms with van der Waals surface area (Å²) >= 11 is 1.59. The molecule has 0 aromatic carbocycles. The number of rotatable bonds is 3. The van der Waals surface area contributed by atoms with E-state index < -0.39 is 0 Å². The summed E-state index contributed by atoms with van der Waals surface area (Å²) in [5, 5.41) is 5.25. The van der Waals surface area contributed by atoms with Gasteiger partial charge in [-0.25, -0.2) is 9.97 Å². The summed E-state index contributed by atoms with van der Waals surface area (Å²) in [6.07, 6.45) is 4.96. The summed E-state index contributed by atoms with van der Waals surface area (Å²) in [6.45, 7) is 4.90. The number of carbonyl (C=O) groups excluding carboxylic acids is 1. The van der Waals surface area contributed by atoms with Gasteiger partial charge in [0.05, 0.1) is 10.2 Å². The van der Waals surface area contributed by atoms with Crippen LogP contribution in [-0.4, -0.2) is 39.4 Å². The lowest BCUT2D eigenvalue weighted by atomic mass is 10.0. The molecule has 6 heteroatoms. The molecule has 1 saturated heterocycles. The Morgan fingerprint density at radius 3 is 3.14 bits per heavy atom. The van der Waals surface area contributed by atoms with Crippen LogP contribution >= 0.6 is 11.3 Å². The molecule has 1 N–H and O–H groups in total. The Bertz CT molecular complexity index is 641. The fourth-order valence-corrected chi connectivity index (χ4v) is 3.63. The molecular formula is C15H20N4OS. The Hall–Kier alpha value is -1.69. The molecule has 0 bridgehead atoms. The van der Waals surface area contributed by atoms with Crippen molar-refractivity contribution in [2.24, 2.45) is 0 Å². The Labute approximate surface area is 128 Å². The predicted molar refractivity (Wildman–Crippen MR) is 85.5 cm³/mol. The van der Waals surface area contributed by atoms with Crippen LogP contribution < -0.4 is 5.32 Å². The number of nitrogens with zero attached hydrogens (tertiary/aromatic N) is 3. The molecule has 0 spiro atoms. The van der Waals surface area contributed by atoms with Crippen molar-refractivity contribution in [3.63, 3.8) is 0 Å². The largest absolute Gasteiger partial charge is 0.357 e. The summed E-state index contributed by atoms with van der Waals surface area (Å²) < 4.78 is 1.00. The molecule has 1 amide bonds. The van der Waals surface area contributed by atoms with Gasteiger partial charge >= 0.3 is 0 Å². The number of likely N-dealkylation sites (tertiary alicyclic amines) is 1. The van der Waals surface area contributed by atoms with Crippen LogP contribution in [0.5, 0.6) is 0 Å². The highest BCUT2D eigenvalue weighted by Gasteiger charge is 2.27. The third kappa shape index (κ3) is 2.85. The second-order valence-corrected chi connectivity index (χ2v) is 6.52. The Balaban J connectivity index is 1.75. The number of piperidine rings is 1. The van der Waals surface area contributed by atoms with Crippen LogP contribution in [0.15, 0.2) is 17.8 Å². The van der Waals surface area contributed by atoms with Crippen molar-refractivity contribution in [3.8, 4) is 0 Å². The molecule has 0 saturated carbocycles. The van der Waals surface area contributed by atoms with E-state index in [0.29, 0.717) is 6.04 Å². The first-order valence-electron chi connectivity index (χ1n) is 7.42. The zero-order valence-corrected chi connectivity index (χ0v) is 13.2. The van der Waals surface area contributed by atoms with Crippen LogP contribution in [0.4, 0.5) is 5.82 Å². The van der Waals surface area contributed by atoms with E-state index in [1.165, 1.54) is 12.7 Å². The number of aromatic nitrogens is 2. The molecule has 21 heavy (non-hydrogen) atoms. The summed E-state index contributed by atoms with van der Waals surface area (Å²) in [5.41, 5.74) is 0.920. The van der Waals surface area contributed by atoms with Crippen molar-refractivity contribution >= 4 is 33.3 Å². The number of amides is 1. The van der Waals surface area contributed by atoms with Gasteiger partial charge in [-0.3, -0.25) is 4.79 Å². The zero-order valence-electron chi connectivity index (χ0n) is 12.4. The number of hydrogen-bond acceptors (Lipinski definition) is 5. The smallest absolute Gasteiger partial charge is 0.245 e. The minimum absolute atomic E-state index is 0.158. The van der Waals surface area contributed by atoms with Gasteiger partial charge < -0.3 is 10.2 Å². The number of fused-ring (bicyclic) bond motifs is 1. The molecule has 1 aliphatic rings. The van der Waals surface area contributed by atoms with Gasteiger partial charge in [0.2, 0.25) is 5.91 Å². The minimum Gasteiger partial charge on any atom is -0.357 e. The zero-order chi connectivity index (χ0) is 14.8. The van der Waals surface area contributed by atoms with E-state index in [0.717, 1.165) is 35.4 Å². The fourth-order valence-electron chi connectivity index (χ4n) is 2.83.